The number of amides is 1. The van der Waals surface area contributed by atoms with Gasteiger partial charge in [-0.3, -0.25) is 9.89 Å². The molecule has 3 aromatic rings. The van der Waals surface area contributed by atoms with Crippen molar-refractivity contribution in [3.8, 4) is 5.75 Å². The quantitative estimate of drug-likeness (QED) is 0.571. The lowest BCUT2D eigenvalue weighted by Crippen LogP contribution is -2.14. The van der Waals surface area contributed by atoms with Crippen molar-refractivity contribution in [2.24, 2.45) is 5.73 Å². The van der Waals surface area contributed by atoms with E-state index < -0.39 is 25.9 Å². The highest BCUT2D eigenvalue weighted by Crippen LogP contribution is 2.28. The molecular formula is C16H15N3O6S2. The van der Waals surface area contributed by atoms with Crippen LogP contribution in [0.15, 0.2) is 52.3 Å². The summed E-state index contributed by atoms with van der Waals surface area (Å²) in [6.45, 7) is 0. The first-order chi connectivity index (χ1) is 12.6. The fourth-order valence-electron chi connectivity index (χ4n) is 2.50. The molecule has 9 nitrogen and oxygen atoms in total. The topological polar surface area (TPSA) is 149 Å². The Morgan fingerprint density at radius 2 is 1.85 bits per heavy atom. The molecule has 0 bridgehead atoms. The van der Waals surface area contributed by atoms with Gasteiger partial charge in [-0.2, -0.15) is 13.5 Å². The molecule has 0 atom stereocenters. The number of hydrogen-bond donors (Lipinski definition) is 2. The maximum absolute atomic E-state index is 12.6. The van der Waals surface area contributed by atoms with Gasteiger partial charge in [0.25, 0.3) is 0 Å². The number of carbonyl (C=O) groups excluding carboxylic acids is 1. The van der Waals surface area contributed by atoms with Gasteiger partial charge in [0, 0.05) is 11.6 Å². The summed E-state index contributed by atoms with van der Waals surface area (Å²) in [5.74, 6) is -0.906. The van der Waals surface area contributed by atoms with E-state index in [-0.39, 0.29) is 22.0 Å². The van der Waals surface area contributed by atoms with Crippen LogP contribution < -0.4 is 9.92 Å². The molecule has 0 aliphatic heterocycles. The van der Waals surface area contributed by atoms with Crippen LogP contribution in [0.25, 0.3) is 10.9 Å². The van der Waals surface area contributed by atoms with Crippen molar-refractivity contribution in [3.63, 3.8) is 0 Å². The Morgan fingerprint density at radius 3 is 2.52 bits per heavy atom. The zero-order valence-electron chi connectivity index (χ0n) is 14.0. The van der Waals surface area contributed by atoms with Crippen molar-refractivity contribution in [1.82, 2.24) is 10.2 Å². The van der Waals surface area contributed by atoms with Crippen molar-refractivity contribution in [2.45, 2.75) is 16.2 Å². The zero-order chi connectivity index (χ0) is 19.8. The molecule has 0 aliphatic rings. The molecule has 1 aromatic heterocycles. The second-order valence-electron chi connectivity index (χ2n) is 5.78. The number of nitrogens with one attached hydrogen (secondary N) is 1. The molecule has 0 radical (unpaired) electrons. The van der Waals surface area contributed by atoms with E-state index in [0.717, 1.165) is 6.26 Å². The molecule has 3 N–H and O–H groups in total. The third-order valence-electron chi connectivity index (χ3n) is 3.69. The molecular weight excluding hydrogens is 394 g/mol. The second kappa shape index (κ2) is 6.67. The van der Waals surface area contributed by atoms with Gasteiger partial charge in [-0.15, -0.1) is 0 Å². The van der Waals surface area contributed by atoms with Crippen LogP contribution >= 0.6 is 0 Å². The summed E-state index contributed by atoms with van der Waals surface area (Å²) in [5, 5.41) is 7.01. The van der Waals surface area contributed by atoms with E-state index >= 15 is 0 Å². The fourth-order valence-corrected chi connectivity index (χ4v) is 4.33. The summed E-state index contributed by atoms with van der Waals surface area (Å²) >= 11 is 0. The van der Waals surface area contributed by atoms with Crippen LogP contribution in [-0.2, 0) is 31.2 Å². The standard InChI is InChI=1S/C16H15N3O6S2/c1-26(21,22)15-5-3-2-4-14(15)25-27(23,24)10-6-7-12-11(8-10)13(19-18-12)9-16(17)20/h2-8H,9H2,1H3,(H2,17,20)(H,18,19). The molecule has 142 valence electrons. The molecule has 1 heterocycles. The van der Waals surface area contributed by atoms with Gasteiger partial charge in [0.2, 0.25) is 5.91 Å². The number of hydrogen-bond acceptors (Lipinski definition) is 7. The van der Waals surface area contributed by atoms with Crippen LogP contribution in [0.2, 0.25) is 0 Å². The number of carbonyl (C=O) groups is 1. The average Bonchev–Trinajstić information content (AvgIpc) is 2.95. The van der Waals surface area contributed by atoms with E-state index in [1.165, 1.54) is 42.5 Å². The minimum Gasteiger partial charge on any atom is -0.378 e. The van der Waals surface area contributed by atoms with Gasteiger partial charge in [-0.1, -0.05) is 12.1 Å². The first-order valence-corrected chi connectivity index (χ1v) is 10.9. The van der Waals surface area contributed by atoms with Gasteiger partial charge in [0.05, 0.1) is 17.6 Å². The van der Waals surface area contributed by atoms with Crippen molar-refractivity contribution >= 4 is 36.8 Å². The van der Waals surface area contributed by atoms with E-state index in [1.807, 2.05) is 0 Å². The lowest BCUT2D eigenvalue weighted by Gasteiger charge is -2.10. The molecule has 3 rings (SSSR count). The van der Waals surface area contributed by atoms with Crippen molar-refractivity contribution in [1.29, 1.82) is 0 Å². The average molecular weight is 409 g/mol. The number of H-pyrrole nitrogens is 1. The van der Waals surface area contributed by atoms with Crippen LogP contribution in [0, 0.1) is 0 Å². The van der Waals surface area contributed by atoms with Crippen LogP contribution in [0.1, 0.15) is 5.69 Å². The van der Waals surface area contributed by atoms with Gasteiger partial charge in [-0.25, -0.2) is 8.42 Å². The van der Waals surface area contributed by atoms with Gasteiger partial charge in [0.15, 0.2) is 15.6 Å². The number of sulfone groups is 1. The van der Waals surface area contributed by atoms with Crippen LogP contribution in [0.5, 0.6) is 5.75 Å². The van der Waals surface area contributed by atoms with Crippen molar-refractivity contribution < 1.29 is 25.8 Å². The van der Waals surface area contributed by atoms with Gasteiger partial charge in [-0.05, 0) is 30.3 Å². The number of primary amides is 1. The largest absolute Gasteiger partial charge is 0.378 e. The monoisotopic (exact) mass is 409 g/mol. The predicted molar refractivity (Wildman–Crippen MR) is 96.4 cm³/mol. The Kier molecular flexibility index (Phi) is 4.66. The van der Waals surface area contributed by atoms with Crippen LogP contribution in [0.4, 0.5) is 0 Å². The highest BCUT2D eigenvalue weighted by Gasteiger charge is 2.23. The summed E-state index contributed by atoms with van der Waals surface area (Å²) < 4.78 is 54.0. The number of benzene rings is 2. The lowest BCUT2D eigenvalue weighted by molar-refractivity contribution is -0.117. The number of para-hydroxylation sites is 1. The van der Waals surface area contributed by atoms with E-state index in [2.05, 4.69) is 10.2 Å². The highest BCUT2D eigenvalue weighted by atomic mass is 32.2. The normalized spacial score (nSPS) is 12.2. The lowest BCUT2D eigenvalue weighted by atomic mass is 10.1. The molecule has 0 unspecified atom stereocenters. The Bertz CT molecular complexity index is 1250. The van der Waals surface area contributed by atoms with Crippen molar-refractivity contribution in [3.05, 3.63) is 48.2 Å². The Hall–Kier alpha value is -2.92. The number of fused-ring (bicyclic) bond motifs is 1. The van der Waals surface area contributed by atoms with Gasteiger partial charge >= 0.3 is 10.1 Å². The third-order valence-corrected chi connectivity index (χ3v) is 6.06. The van der Waals surface area contributed by atoms with Crippen LogP contribution in [0.3, 0.4) is 0 Å². The van der Waals surface area contributed by atoms with Crippen LogP contribution in [-0.4, -0.2) is 39.2 Å². The van der Waals surface area contributed by atoms with Gasteiger partial charge < -0.3 is 9.92 Å². The van der Waals surface area contributed by atoms with Gasteiger partial charge in [0.1, 0.15) is 9.79 Å². The van der Waals surface area contributed by atoms with E-state index in [4.69, 9.17) is 9.92 Å². The highest BCUT2D eigenvalue weighted by molar-refractivity contribution is 7.91. The molecule has 2 aromatic carbocycles. The Morgan fingerprint density at radius 1 is 1.15 bits per heavy atom. The number of rotatable bonds is 6. The maximum Gasteiger partial charge on any atom is 0.339 e. The summed E-state index contributed by atoms with van der Waals surface area (Å²) in [6, 6.07) is 9.43. The summed E-state index contributed by atoms with van der Waals surface area (Å²) in [4.78, 5) is 10.7. The Labute approximate surface area is 155 Å². The van der Waals surface area contributed by atoms with E-state index in [9.17, 15) is 21.6 Å². The smallest absolute Gasteiger partial charge is 0.339 e. The molecule has 0 aliphatic carbocycles. The van der Waals surface area contributed by atoms with E-state index in [0.29, 0.717) is 16.6 Å². The number of aromatic nitrogens is 2. The number of aromatic amines is 1. The van der Waals surface area contributed by atoms with E-state index in [1.54, 1.807) is 0 Å². The zero-order valence-corrected chi connectivity index (χ0v) is 15.7. The SMILES string of the molecule is CS(=O)(=O)c1ccccc1OS(=O)(=O)c1ccc2n[nH]c(CC(N)=O)c2c1. The molecule has 0 fully saturated rings. The molecule has 0 saturated heterocycles. The fraction of sp³-hybridized carbons (Fsp3) is 0.125. The molecule has 27 heavy (non-hydrogen) atoms. The molecule has 1 amide bonds. The summed E-state index contributed by atoms with van der Waals surface area (Å²) in [7, 11) is -8.02. The minimum atomic E-state index is -4.33. The third kappa shape index (κ3) is 3.93. The predicted octanol–water partition coefficient (Wildman–Crippen LogP) is 0.762. The molecule has 0 spiro atoms. The minimum absolute atomic E-state index is 0.141. The molecule has 11 heteroatoms. The summed E-state index contributed by atoms with van der Waals surface area (Å²) in [6.07, 6.45) is 0.813. The Balaban J connectivity index is 2.05. The second-order valence-corrected chi connectivity index (χ2v) is 9.31. The maximum atomic E-state index is 12.6. The number of nitrogens with zero attached hydrogens (tertiary/aromatic N) is 1. The first-order valence-electron chi connectivity index (χ1n) is 7.57. The van der Waals surface area contributed by atoms with Crippen molar-refractivity contribution in [2.75, 3.05) is 6.26 Å². The summed E-state index contributed by atoms with van der Waals surface area (Å²) in [5.41, 5.74) is 5.98. The first kappa shape index (κ1) is 18.9. The molecule has 0 saturated carbocycles. The number of nitrogens with two attached hydrogens (primary N) is 1.